The Balaban J connectivity index is 1.27. The van der Waals surface area contributed by atoms with Crippen molar-refractivity contribution < 1.29 is 22.7 Å². The van der Waals surface area contributed by atoms with Crippen molar-refractivity contribution >= 4 is 21.8 Å². The van der Waals surface area contributed by atoms with Gasteiger partial charge in [-0.3, -0.25) is 19.4 Å². The maximum Gasteiger partial charge on any atom is 0.225 e. The van der Waals surface area contributed by atoms with Crippen LogP contribution in [0.4, 0.5) is 0 Å². The van der Waals surface area contributed by atoms with Crippen LogP contribution in [0.1, 0.15) is 85.5 Å². The lowest BCUT2D eigenvalue weighted by atomic mass is 9.63. The molecule has 2 aliphatic carbocycles. The number of nitrogens with one attached hydrogen (secondary N) is 2. The molecule has 3 saturated heterocycles. The number of sulfonamides is 1. The van der Waals surface area contributed by atoms with Gasteiger partial charge < -0.3 is 15.4 Å². The van der Waals surface area contributed by atoms with Crippen molar-refractivity contribution in [2.75, 3.05) is 65.3 Å². The molecule has 0 radical (unpaired) electrons. The second-order valence-corrected chi connectivity index (χ2v) is 17.6. The summed E-state index contributed by atoms with van der Waals surface area (Å²) in [5, 5.41) is 6.36. The summed E-state index contributed by atoms with van der Waals surface area (Å²) < 4.78 is 31.6. The quantitative estimate of drug-likeness (QED) is 0.369. The van der Waals surface area contributed by atoms with Crippen LogP contribution < -0.4 is 10.6 Å². The molecule has 0 aromatic rings. The molecule has 7 atom stereocenters. The van der Waals surface area contributed by atoms with E-state index in [2.05, 4.69) is 41.2 Å². The van der Waals surface area contributed by atoms with Gasteiger partial charge in [0.15, 0.2) is 0 Å². The highest BCUT2D eigenvalue weighted by Gasteiger charge is 2.46. The molecule has 2 amide bonds. The highest BCUT2D eigenvalue weighted by Crippen LogP contribution is 2.46. The van der Waals surface area contributed by atoms with Gasteiger partial charge in [0.05, 0.1) is 25.4 Å². The minimum atomic E-state index is -3.18. The Morgan fingerprint density at radius 2 is 1.63 bits per heavy atom. The Kier molecular flexibility index (Phi) is 12.5. The second-order valence-electron chi connectivity index (χ2n) is 15.7. The number of amides is 2. The van der Waals surface area contributed by atoms with E-state index >= 15 is 0 Å². The van der Waals surface area contributed by atoms with Crippen molar-refractivity contribution in [3.05, 3.63) is 0 Å². The Morgan fingerprint density at radius 1 is 0.957 bits per heavy atom. The van der Waals surface area contributed by atoms with Gasteiger partial charge in [-0.05, 0) is 101 Å². The summed E-state index contributed by atoms with van der Waals surface area (Å²) in [5.74, 6) is 2.25. The predicted molar refractivity (Wildman–Crippen MR) is 182 cm³/mol. The zero-order valence-electron chi connectivity index (χ0n) is 29.3. The van der Waals surface area contributed by atoms with Crippen LogP contribution in [0.2, 0.25) is 0 Å². The van der Waals surface area contributed by atoms with Crippen molar-refractivity contribution in [3.63, 3.8) is 0 Å². The molecule has 3 heterocycles. The minimum absolute atomic E-state index is 0.0606. The van der Waals surface area contributed by atoms with E-state index in [1.165, 1.54) is 38.5 Å². The smallest absolute Gasteiger partial charge is 0.225 e. The van der Waals surface area contributed by atoms with Gasteiger partial charge in [0.25, 0.3) is 0 Å². The summed E-state index contributed by atoms with van der Waals surface area (Å²) in [7, 11) is -3.18. The van der Waals surface area contributed by atoms with E-state index in [-0.39, 0.29) is 47.6 Å². The first-order valence-corrected chi connectivity index (χ1v) is 20.4. The van der Waals surface area contributed by atoms with Gasteiger partial charge in [-0.15, -0.1) is 0 Å². The van der Waals surface area contributed by atoms with Crippen LogP contribution >= 0.6 is 0 Å². The van der Waals surface area contributed by atoms with Crippen LogP contribution in [0.15, 0.2) is 0 Å². The Labute approximate surface area is 279 Å². The number of carbonyl (C=O) groups excluding carboxylic acids is 2. The molecule has 0 bridgehead atoms. The first kappa shape index (κ1) is 36.0. The first-order chi connectivity index (χ1) is 21.9. The maximum absolute atomic E-state index is 14.1. The van der Waals surface area contributed by atoms with E-state index in [4.69, 9.17) is 4.74 Å². The number of rotatable bonds is 10. The zero-order valence-corrected chi connectivity index (χ0v) is 30.1. The number of nitrogens with zero attached hydrogens (tertiary/aromatic N) is 3. The Morgan fingerprint density at radius 3 is 2.24 bits per heavy atom. The fourth-order valence-electron chi connectivity index (χ4n) is 9.88. The lowest BCUT2D eigenvalue weighted by Gasteiger charge is -2.51. The number of ether oxygens (including phenoxy) is 1. The van der Waals surface area contributed by atoms with Gasteiger partial charge in [0, 0.05) is 63.3 Å². The van der Waals surface area contributed by atoms with Crippen molar-refractivity contribution in [2.24, 2.45) is 41.4 Å². The zero-order chi connectivity index (χ0) is 33.0. The lowest BCUT2D eigenvalue weighted by Crippen LogP contribution is -2.57. The van der Waals surface area contributed by atoms with E-state index in [0.29, 0.717) is 37.5 Å². The summed E-state index contributed by atoms with van der Waals surface area (Å²) in [6.45, 7) is 16.1. The molecule has 5 aliphatic rings. The molecule has 0 aromatic heterocycles. The van der Waals surface area contributed by atoms with Crippen LogP contribution in [0.5, 0.6) is 0 Å². The SMILES string of the molecule is CCN(C1CCN(S(C)(=O)=O)CC1)C1CC(C2CCC(CN3CCOCC3)CC2)CC(C(=O)NCC2C(=O)NC(C)CC2C)C1C. The topological polar surface area (TPSA) is 111 Å². The highest BCUT2D eigenvalue weighted by molar-refractivity contribution is 7.88. The molecule has 3 aliphatic heterocycles. The number of morpholine rings is 1. The van der Waals surface area contributed by atoms with E-state index in [1.807, 2.05) is 6.92 Å². The van der Waals surface area contributed by atoms with E-state index in [0.717, 1.165) is 70.9 Å². The van der Waals surface area contributed by atoms with Gasteiger partial charge in [-0.2, -0.15) is 0 Å². The molecule has 0 aromatic carbocycles. The molecule has 5 rings (SSSR count). The van der Waals surface area contributed by atoms with E-state index in [1.54, 1.807) is 4.31 Å². The van der Waals surface area contributed by atoms with Gasteiger partial charge in [0.2, 0.25) is 21.8 Å². The van der Waals surface area contributed by atoms with Gasteiger partial charge in [-0.1, -0.05) is 20.8 Å². The number of hydrogen-bond donors (Lipinski definition) is 2. The molecular weight excluding hydrogens is 602 g/mol. The molecule has 7 unspecified atom stereocenters. The molecule has 11 heteroatoms. The standard InChI is InChI=1S/C35H63N5O5S/c1-6-40(30-11-13-39(14-12-30)46(5,43)44)33-21-29(28-9-7-27(8-10-28)23-38-15-17-45-18-16-38)20-31(26(33)4)34(41)36-22-32-24(2)19-25(3)37-35(32)42/h24-33H,6-23H2,1-5H3,(H,36,41)(H,37,42). The summed E-state index contributed by atoms with van der Waals surface area (Å²) in [6, 6.07) is 0.802. The van der Waals surface area contributed by atoms with Crippen molar-refractivity contribution in [3.8, 4) is 0 Å². The first-order valence-electron chi connectivity index (χ1n) is 18.5. The molecule has 46 heavy (non-hydrogen) atoms. The van der Waals surface area contributed by atoms with Crippen molar-refractivity contribution in [1.29, 1.82) is 0 Å². The summed E-state index contributed by atoms with van der Waals surface area (Å²) in [5.41, 5.74) is 0. The third-order valence-corrected chi connectivity index (χ3v) is 13.9. The highest BCUT2D eigenvalue weighted by atomic mass is 32.2. The average molecular weight is 666 g/mol. The van der Waals surface area contributed by atoms with Gasteiger partial charge in [-0.25, -0.2) is 12.7 Å². The Hall–Kier alpha value is -1.27. The van der Waals surface area contributed by atoms with Crippen LogP contribution in [0.3, 0.4) is 0 Å². The normalized spacial score (nSPS) is 37.6. The van der Waals surface area contributed by atoms with Crippen molar-refractivity contribution in [1.82, 2.24) is 24.7 Å². The fourth-order valence-corrected chi connectivity index (χ4v) is 10.8. The van der Waals surface area contributed by atoms with Crippen LogP contribution in [0, 0.1) is 41.4 Å². The number of piperidine rings is 2. The van der Waals surface area contributed by atoms with Gasteiger partial charge in [0.1, 0.15) is 0 Å². The molecule has 10 nitrogen and oxygen atoms in total. The fraction of sp³-hybridized carbons (Fsp3) is 0.943. The monoisotopic (exact) mass is 665 g/mol. The third kappa shape index (κ3) is 8.84. The summed E-state index contributed by atoms with van der Waals surface area (Å²) in [6.07, 6.45) is 11.0. The van der Waals surface area contributed by atoms with Crippen LogP contribution in [-0.4, -0.2) is 118 Å². The summed E-state index contributed by atoms with van der Waals surface area (Å²) in [4.78, 5) is 32.1. The van der Waals surface area contributed by atoms with Crippen LogP contribution in [0.25, 0.3) is 0 Å². The van der Waals surface area contributed by atoms with Crippen LogP contribution in [-0.2, 0) is 24.3 Å². The average Bonchev–Trinajstić information content (AvgIpc) is 3.02. The van der Waals surface area contributed by atoms with E-state index < -0.39 is 10.0 Å². The number of carbonyl (C=O) groups is 2. The van der Waals surface area contributed by atoms with Gasteiger partial charge >= 0.3 is 0 Å². The molecule has 2 saturated carbocycles. The molecular formula is C35H63N5O5S. The maximum atomic E-state index is 14.1. The Bertz CT molecular complexity index is 1120. The number of hydrogen-bond acceptors (Lipinski definition) is 7. The molecule has 264 valence electrons. The summed E-state index contributed by atoms with van der Waals surface area (Å²) >= 11 is 0. The predicted octanol–water partition coefficient (Wildman–Crippen LogP) is 3.18. The molecule has 5 fully saturated rings. The van der Waals surface area contributed by atoms with E-state index in [9.17, 15) is 18.0 Å². The molecule has 0 spiro atoms. The lowest BCUT2D eigenvalue weighted by molar-refractivity contribution is -0.133. The minimum Gasteiger partial charge on any atom is -0.379 e. The molecule has 2 N–H and O–H groups in total. The largest absolute Gasteiger partial charge is 0.379 e. The van der Waals surface area contributed by atoms with Crippen molar-refractivity contribution in [2.45, 2.75) is 104 Å². The second kappa shape index (κ2) is 16.0. The third-order valence-electron chi connectivity index (χ3n) is 12.6.